The minimum absolute atomic E-state index is 0.123. The van der Waals surface area contributed by atoms with Crippen LogP contribution in [0.4, 0.5) is 0 Å². The molecule has 1 aliphatic rings. The van der Waals surface area contributed by atoms with Crippen molar-refractivity contribution in [3.63, 3.8) is 0 Å². The molecule has 0 aliphatic carbocycles. The lowest BCUT2D eigenvalue weighted by Crippen LogP contribution is -2.31. The topological polar surface area (TPSA) is 59.8 Å². The molecule has 2 heterocycles. The van der Waals surface area contributed by atoms with Gasteiger partial charge in [0.05, 0.1) is 23.1 Å². The van der Waals surface area contributed by atoms with Gasteiger partial charge in [0, 0.05) is 18.2 Å². The maximum Gasteiger partial charge on any atom is 0.290 e. The first-order valence-electron chi connectivity index (χ1n) is 10.5. The predicted molar refractivity (Wildman–Crippen MR) is 122 cm³/mol. The number of carbonyl (C=O) groups is 1. The van der Waals surface area contributed by atoms with Crippen LogP contribution in [-0.4, -0.2) is 30.1 Å². The second kappa shape index (κ2) is 8.48. The Labute approximate surface area is 186 Å². The quantitative estimate of drug-likeness (QED) is 0.481. The second-order valence-corrected chi connectivity index (χ2v) is 8.79. The third-order valence-corrected chi connectivity index (χ3v) is 5.84. The van der Waals surface area contributed by atoms with E-state index in [4.69, 9.17) is 20.8 Å². The zero-order chi connectivity index (χ0) is 22.3. The lowest BCUT2D eigenvalue weighted by molar-refractivity contribution is 0.0593. The maximum absolute atomic E-state index is 13.6. The van der Waals surface area contributed by atoms with Crippen molar-refractivity contribution in [3.05, 3.63) is 79.7 Å². The van der Waals surface area contributed by atoms with E-state index in [-0.39, 0.29) is 23.2 Å². The molecule has 0 saturated heterocycles. The largest absolute Gasteiger partial charge is 0.450 e. The molecule has 0 unspecified atom stereocenters. The summed E-state index contributed by atoms with van der Waals surface area (Å²) in [4.78, 5) is 28.7. The van der Waals surface area contributed by atoms with E-state index < -0.39 is 6.04 Å². The Balaban J connectivity index is 1.85. The van der Waals surface area contributed by atoms with Gasteiger partial charge in [-0.2, -0.15) is 0 Å². The fraction of sp³-hybridized carbons (Fsp3) is 0.360. The molecule has 0 radical (unpaired) electrons. The Kier molecular flexibility index (Phi) is 5.91. The number of ether oxygens (including phenoxy) is 1. The van der Waals surface area contributed by atoms with E-state index in [9.17, 15) is 9.59 Å². The molecule has 0 bridgehead atoms. The number of fused-ring (bicyclic) bond motifs is 2. The Hall–Kier alpha value is -2.63. The molecule has 2 aromatic carbocycles. The van der Waals surface area contributed by atoms with Gasteiger partial charge in [-0.3, -0.25) is 9.59 Å². The van der Waals surface area contributed by atoms with Crippen LogP contribution in [-0.2, 0) is 4.74 Å². The molecule has 0 spiro atoms. The van der Waals surface area contributed by atoms with Crippen molar-refractivity contribution in [2.24, 2.45) is 0 Å². The standard InChI is InChI=1S/C25H26ClNO4/c1-14(2)30-11-5-10-27-22(17-6-8-18(26)9-7-17)21-23(28)20-16(4)12-15(3)13-19(20)31-24(21)25(27)29/h6-9,12-14,22H,5,10-11H2,1-4H3/t22-/m1/s1. The third kappa shape index (κ3) is 4.00. The van der Waals surface area contributed by atoms with Gasteiger partial charge in [0.1, 0.15) is 5.58 Å². The van der Waals surface area contributed by atoms with E-state index in [1.807, 2.05) is 52.0 Å². The molecule has 1 aromatic heterocycles. The number of amides is 1. The highest BCUT2D eigenvalue weighted by molar-refractivity contribution is 6.30. The number of hydrogen-bond acceptors (Lipinski definition) is 4. The molecular formula is C25H26ClNO4. The number of benzene rings is 2. The Morgan fingerprint density at radius 1 is 1.13 bits per heavy atom. The smallest absolute Gasteiger partial charge is 0.290 e. The van der Waals surface area contributed by atoms with Crippen molar-refractivity contribution in [1.29, 1.82) is 0 Å². The average Bonchev–Trinajstić information content (AvgIpc) is 2.97. The fourth-order valence-electron chi connectivity index (χ4n) is 4.29. The number of aryl methyl sites for hydroxylation is 2. The average molecular weight is 440 g/mol. The molecule has 0 N–H and O–H groups in total. The zero-order valence-corrected chi connectivity index (χ0v) is 19.0. The van der Waals surface area contributed by atoms with E-state index in [1.165, 1.54) is 0 Å². The van der Waals surface area contributed by atoms with E-state index in [1.54, 1.807) is 17.0 Å². The van der Waals surface area contributed by atoms with E-state index >= 15 is 0 Å². The molecule has 4 rings (SSSR count). The lowest BCUT2D eigenvalue weighted by atomic mass is 9.97. The molecule has 0 fully saturated rings. The number of halogens is 1. The van der Waals surface area contributed by atoms with Gasteiger partial charge in [0.25, 0.3) is 5.91 Å². The van der Waals surface area contributed by atoms with Gasteiger partial charge >= 0.3 is 0 Å². The SMILES string of the molecule is Cc1cc(C)c2c(=O)c3c(oc2c1)C(=O)N(CCCOC(C)C)[C@@H]3c1ccc(Cl)cc1. The van der Waals surface area contributed by atoms with Crippen LogP contribution in [0.5, 0.6) is 0 Å². The molecule has 162 valence electrons. The summed E-state index contributed by atoms with van der Waals surface area (Å²) >= 11 is 6.08. The zero-order valence-electron chi connectivity index (χ0n) is 18.2. The number of nitrogens with zero attached hydrogens (tertiary/aromatic N) is 1. The van der Waals surface area contributed by atoms with E-state index in [0.29, 0.717) is 41.1 Å². The van der Waals surface area contributed by atoms with Crippen LogP contribution >= 0.6 is 11.6 Å². The minimum atomic E-state index is -0.514. The van der Waals surface area contributed by atoms with Gasteiger partial charge in [-0.25, -0.2) is 0 Å². The van der Waals surface area contributed by atoms with Crippen LogP contribution in [0, 0.1) is 13.8 Å². The van der Waals surface area contributed by atoms with E-state index in [0.717, 1.165) is 16.7 Å². The first-order valence-corrected chi connectivity index (χ1v) is 10.9. The van der Waals surface area contributed by atoms with Crippen LogP contribution in [0.15, 0.2) is 45.6 Å². The van der Waals surface area contributed by atoms with Gasteiger partial charge in [0.2, 0.25) is 5.76 Å². The molecule has 5 nitrogen and oxygen atoms in total. The highest BCUT2D eigenvalue weighted by Crippen LogP contribution is 2.39. The molecule has 1 atom stereocenters. The third-order valence-electron chi connectivity index (χ3n) is 5.59. The van der Waals surface area contributed by atoms with Gasteiger partial charge in [-0.15, -0.1) is 0 Å². The van der Waals surface area contributed by atoms with Gasteiger partial charge < -0.3 is 14.1 Å². The normalized spacial score (nSPS) is 15.9. The van der Waals surface area contributed by atoms with Crippen LogP contribution in [0.2, 0.25) is 5.02 Å². The Morgan fingerprint density at radius 3 is 2.52 bits per heavy atom. The van der Waals surface area contributed by atoms with Crippen LogP contribution < -0.4 is 5.43 Å². The summed E-state index contributed by atoms with van der Waals surface area (Å²) in [6, 6.07) is 10.5. The second-order valence-electron chi connectivity index (χ2n) is 8.35. The monoisotopic (exact) mass is 439 g/mol. The molecule has 6 heteroatoms. The molecule has 0 saturated carbocycles. The summed E-state index contributed by atoms with van der Waals surface area (Å²) in [7, 11) is 0. The minimum Gasteiger partial charge on any atom is -0.450 e. The lowest BCUT2D eigenvalue weighted by Gasteiger charge is -2.25. The van der Waals surface area contributed by atoms with Crippen molar-refractivity contribution in [2.75, 3.05) is 13.2 Å². The predicted octanol–water partition coefficient (Wildman–Crippen LogP) is 5.42. The van der Waals surface area contributed by atoms with Gasteiger partial charge in [-0.1, -0.05) is 29.8 Å². The number of rotatable bonds is 6. The van der Waals surface area contributed by atoms with Crippen LogP contribution in [0.25, 0.3) is 11.0 Å². The summed E-state index contributed by atoms with van der Waals surface area (Å²) < 4.78 is 11.7. The fourth-order valence-corrected chi connectivity index (χ4v) is 4.42. The van der Waals surface area contributed by atoms with Crippen molar-refractivity contribution in [2.45, 2.75) is 46.3 Å². The Bertz CT molecular complexity index is 1200. The Morgan fingerprint density at radius 2 is 1.84 bits per heavy atom. The summed E-state index contributed by atoms with van der Waals surface area (Å²) in [5.41, 5.74) is 3.36. The summed E-state index contributed by atoms with van der Waals surface area (Å²) in [5, 5.41) is 1.13. The van der Waals surface area contributed by atoms with Crippen molar-refractivity contribution in [1.82, 2.24) is 4.90 Å². The van der Waals surface area contributed by atoms with Gasteiger partial charge in [-0.05, 0) is 69.0 Å². The maximum atomic E-state index is 13.6. The molecule has 31 heavy (non-hydrogen) atoms. The van der Waals surface area contributed by atoms with Crippen molar-refractivity contribution >= 4 is 28.5 Å². The summed E-state index contributed by atoms with van der Waals surface area (Å²) in [6.45, 7) is 8.79. The van der Waals surface area contributed by atoms with Crippen LogP contribution in [0.1, 0.15) is 59.1 Å². The first kappa shape index (κ1) is 21.6. The number of carbonyl (C=O) groups excluding carboxylic acids is 1. The summed E-state index contributed by atoms with van der Waals surface area (Å²) in [5.74, 6) is -0.134. The highest BCUT2D eigenvalue weighted by atomic mass is 35.5. The van der Waals surface area contributed by atoms with Crippen LogP contribution in [0.3, 0.4) is 0 Å². The van der Waals surface area contributed by atoms with Crippen molar-refractivity contribution < 1.29 is 13.9 Å². The first-order chi connectivity index (χ1) is 14.8. The summed E-state index contributed by atoms with van der Waals surface area (Å²) in [6.07, 6.45) is 0.784. The molecule has 1 aliphatic heterocycles. The van der Waals surface area contributed by atoms with Gasteiger partial charge in [0.15, 0.2) is 5.43 Å². The molecule has 1 amide bonds. The van der Waals surface area contributed by atoms with E-state index in [2.05, 4.69) is 0 Å². The van der Waals surface area contributed by atoms with Crippen molar-refractivity contribution in [3.8, 4) is 0 Å². The number of hydrogen-bond donors (Lipinski definition) is 0. The molecular weight excluding hydrogens is 414 g/mol. The highest BCUT2D eigenvalue weighted by Gasteiger charge is 2.42. The molecule has 3 aromatic rings.